The van der Waals surface area contributed by atoms with E-state index >= 15 is 0 Å². The zero-order valence-electron chi connectivity index (χ0n) is 11.3. The average molecular weight is 286 g/mol. The van der Waals surface area contributed by atoms with Crippen LogP contribution < -0.4 is 10.1 Å². The van der Waals surface area contributed by atoms with Crippen LogP contribution in [0.25, 0.3) is 0 Å². The maximum Gasteiger partial charge on any atom is 0.138 e. The maximum absolute atomic E-state index is 6.09. The van der Waals surface area contributed by atoms with Gasteiger partial charge in [-0.15, -0.1) is 0 Å². The highest BCUT2D eigenvalue weighted by Gasteiger charge is 2.43. The van der Waals surface area contributed by atoms with Gasteiger partial charge in [-0.1, -0.05) is 23.7 Å². The molecule has 3 unspecified atom stereocenters. The average Bonchev–Trinajstić information content (AvgIpc) is 2.41. The molecular weight excluding hydrogens is 266 g/mol. The Kier molecular flexibility index (Phi) is 5.45. The summed E-state index contributed by atoms with van der Waals surface area (Å²) in [5.41, 5.74) is 0. The van der Waals surface area contributed by atoms with E-state index in [1.165, 1.54) is 0 Å². The smallest absolute Gasteiger partial charge is 0.138 e. The van der Waals surface area contributed by atoms with E-state index in [-0.39, 0.29) is 12.2 Å². The third-order valence-corrected chi connectivity index (χ3v) is 3.65. The predicted molar refractivity (Wildman–Crippen MR) is 74.9 cm³/mol. The van der Waals surface area contributed by atoms with Gasteiger partial charge in [-0.2, -0.15) is 0 Å². The summed E-state index contributed by atoms with van der Waals surface area (Å²) < 4.78 is 16.7. The first-order valence-corrected chi connectivity index (χ1v) is 6.83. The molecule has 0 saturated heterocycles. The van der Waals surface area contributed by atoms with Gasteiger partial charge in [-0.3, -0.25) is 0 Å². The van der Waals surface area contributed by atoms with Crippen molar-refractivity contribution in [3.8, 4) is 5.75 Å². The van der Waals surface area contributed by atoms with Gasteiger partial charge in [0.2, 0.25) is 0 Å². The molecule has 1 aromatic carbocycles. The Hall–Kier alpha value is -0.810. The van der Waals surface area contributed by atoms with Gasteiger partial charge in [0.1, 0.15) is 18.0 Å². The summed E-state index contributed by atoms with van der Waals surface area (Å²) in [6.07, 6.45) is 0.991. The van der Waals surface area contributed by atoms with Gasteiger partial charge >= 0.3 is 0 Å². The molecule has 0 heterocycles. The fourth-order valence-corrected chi connectivity index (χ4v) is 2.35. The van der Waals surface area contributed by atoms with Gasteiger partial charge in [0, 0.05) is 19.6 Å². The second kappa shape index (κ2) is 7.10. The number of hydrogen-bond donors (Lipinski definition) is 1. The van der Waals surface area contributed by atoms with E-state index in [0.29, 0.717) is 30.0 Å². The number of likely N-dealkylation sites (N-methyl/N-ethyl adjacent to an activating group) is 1. The summed E-state index contributed by atoms with van der Waals surface area (Å²) in [5.74, 6) is 0.712. The molecule has 4 nitrogen and oxygen atoms in total. The van der Waals surface area contributed by atoms with E-state index in [1.807, 2.05) is 31.3 Å². The molecule has 0 aliphatic heterocycles. The van der Waals surface area contributed by atoms with Crippen LogP contribution in [0.2, 0.25) is 5.02 Å². The van der Waals surface area contributed by atoms with E-state index in [2.05, 4.69) is 5.32 Å². The lowest BCUT2D eigenvalue weighted by Gasteiger charge is -2.43. The van der Waals surface area contributed by atoms with Crippen molar-refractivity contribution in [2.75, 3.05) is 27.4 Å². The fraction of sp³-hybridized carbons (Fsp3) is 0.571. The van der Waals surface area contributed by atoms with Crippen molar-refractivity contribution in [2.24, 2.45) is 0 Å². The lowest BCUT2D eigenvalue weighted by atomic mass is 9.85. The molecule has 0 radical (unpaired) electrons. The zero-order chi connectivity index (χ0) is 13.7. The lowest BCUT2D eigenvalue weighted by molar-refractivity contribution is -0.114. The molecule has 1 aromatic rings. The van der Waals surface area contributed by atoms with Crippen molar-refractivity contribution in [1.29, 1.82) is 0 Å². The molecule has 1 saturated carbocycles. The van der Waals surface area contributed by atoms with Crippen LogP contribution in [0, 0.1) is 0 Å². The van der Waals surface area contributed by atoms with Gasteiger partial charge < -0.3 is 19.5 Å². The molecular formula is C14H20ClNO3. The molecule has 106 valence electrons. The largest absolute Gasteiger partial charge is 0.486 e. The summed E-state index contributed by atoms with van der Waals surface area (Å²) in [6.45, 7) is 1.16. The minimum absolute atomic E-state index is 0.0363. The molecule has 1 fully saturated rings. The Labute approximate surface area is 119 Å². The van der Waals surface area contributed by atoms with Crippen molar-refractivity contribution >= 4 is 11.6 Å². The van der Waals surface area contributed by atoms with Gasteiger partial charge in [0.25, 0.3) is 0 Å². The highest BCUT2D eigenvalue weighted by Crippen LogP contribution is 2.32. The van der Waals surface area contributed by atoms with Crippen LogP contribution in [0.3, 0.4) is 0 Å². The van der Waals surface area contributed by atoms with Crippen molar-refractivity contribution in [2.45, 2.75) is 24.7 Å². The number of methoxy groups -OCH3 is 1. The Bertz CT molecular complexity index is 402. The molecule has 0 bridgehead atoms. The minimum atomic E-state index is 0.0363. The molecule has 2 rings (SSSR count). The zero-order valence-corrected chi connectivity index (χ0v) is 12.0. The van der Waals surface area contributed by atoms with Gasteiger partial charge in [0.15, 0.2) is 0 Å². The van der Waals surface area contributed by atoms with E-state index in [0.717, 1.165) is 6.42 Å². The van der Waals surface area contributed by atoms with Crippen LogP contribution in [0.5, 0.6) is 5.75 Å². The standard InChI is InChI=1S/C14H20ClNO3/c1-16-11-9-13(14(11)18-8-7-17-2)19-12-6-4-3-5-10(12)15/h3-6,11,13-14,16H,7-9H2,1-2H3. The van der Waals surface area contributed by atoms with Crippen molar-refractivity contribution < 1.29 is 14.2 Å². The molecule has 1 aliphatic carbocycles. The molecule has 1 N–H and O–H groups in total. The SMILES string of the molecule is CNC1CC(Oc2ccccc2Cl)C1OCCOC. The molecule has 3 atom stereocenters. The summed E-state index contributed by atoms with van der Waals surface area (Å²) in [6, 6.07) is 7.83. The molecule has 0 spiro atoms. The first-order chi connectivity index (χ1) is 9.26. The first kappa shape index (κ1) is 14.6. The van der Waals surface area contributed by atoms with E-state index in [4.69, 9.17) is 25.8 Å². The topological polar surface area (TPSA) is 39.7 Å². The van der Waals surface area contributed by atoms with Crippen LogP contribution >= 0.6 is 11.6 Å². The molecule has 0 amide bonds. The van der Waals surface area contributed by atoms with Crippen LogP contribution in [-0.4, -0.2) is 45.6 Å². The van der Waals surface area contributed by atoms with Gasteiger partial charge in [-0.05, 0) is 19.2 Å². The number of rotatable bonds is 7. The Balaban J connectivity index is 1.91. The van der Waals surface area contributed by atoms with Crippen LogP contribution in [0.15, 0.2) is 24.3 Å². The number of nitrogens with one attached hydrogen (secondary N) is 1. The van der Waals surface area contributed by atoms with E-state index < -0.39 is 0 Å². The normalized spacial score (nSPS) is 25.9. The summed E-state index contributed by atoms with van der Waals surface area (Å²) in [7, 11) is 3.60. The molecule has 1 aliphatic rings. The summed E-state index contributed by atoms with van der Waals surface area (Å²) >= 11 is 6.09. The Morgan fingerprint density at radius 1 is 1.32 bits per heavy atom. The van der Waals surface area contributed by atoms with E-state index in [1.54, 1.807) is 7.11 Å². The molecule has 5 heteroatoms. The van der Waals surface area contributed by atoms with Crippen molar-refractivity contribution in [1.82, 2.24) is 5.32 Å². The van der Waals surface area contributed by atoms with Crippen LogP contribution in [0.4, 0.5) is 0 Å². The first-order valence-electron chi connectivity index (χ1n) is 6.45. The lowest BCUT2D eigenvalue weighted by Crippen LogP contribution is -2.60. The monoisotopic (exact) mass is 285 g/mol. The predicted octanol–water partition coefficient (Wildman–Crippen LogP) is 2.11. The Morgan fingerprint density at radius 3 is 2.79 bits per heavy atom. The summed E-state index contributed by atoms with van der Waals surface area (Å²) in [5, 5.41) is 3.86. The summed E-state index contributed by atoms with van der Waals surface area (Å²) in [4.78, 5) is 0. The van der Waals surface area contributed by atoms with E-state index in [9.17, 15) is 0 Å². The third kappa shape index (κ3) is 3.60. The molecule has 19 heavy (non-hydrogen) atoms. The minimum Gasteiger partial charge on any atom is -0.486 e. The maximum atomic E-state index is 6.09. The number of halogens is 1. The highest BCUT2D eigenvalue weighted by molar-refractivity contribution is 6.32. The van der Waals surface area contributed by atoms with Crippen LogP contribution in [-0.2, 0) is 9.47 Å². The van der Waals surface area contributed by atoms with Gasteiger partial charge in [-0.25, -0.2) is 0 Å². The van der Waals surface area contributed by atoms with Gasteiger partial charge in [0.05, 0.1) is 18.2 Å². The Morgan fingerprint density at radius 2 is 2.11 bits per heavy atom. The molecule has 0 aromatic heterocycles. The number of hydrogen-bond acceptors (Lipinski definition) is 4. The fourth-order valence-electron chi connectivity index (χ4n) is 2.17. The van der Waals surface area contributed by atoms with Crippen molar-refractivity contribution in [3.63, 3.8) is 0 Å². The number of para-hydroxylation sites is 1. The number of benzene rings is 1. The van der Waals surface area contributed by atoms with Crippen LogP contribution in [0.1, 0.15) is 6.42 Å². The second-order valence-electron chi connectivity index (χ2n) is 4.55. The van der Waals surface area contributed by atoms with Crippen molar-refractivity contribution in [3.05, 3.63) is 29.3 Å². The highest BCUT2D eigenvalue weighted by atomic mass is 35.5. The number of ether oxygens (including phenoxy) is 3. The third-order valence-electron chi connectivity index (χ3n) is 3.33. The second-order valence-corrected chi connectivity index (χ2v) is 4.95. The quantitative estimate of drug-likeness (QED) is 0.779.